The number of rotatable bonds is 3. The van der Waals surface area contributed by atoms with Gasteiger partial charge in [0.2, 0.25) is 0 Å². The summed E-state index contributed by atoms with van der Waals surface area (Å²) in [5.74, 6) is 2.73. The van der Waals surface area contributed by atoms with E-state index >= 15 is 0 Å². The minimum absolute atomic E-state index is 0.0823. The van der Waals surface area contributed by atoms with E-state index in [-0.39, 0.29) is 5.91 Å². The molecule has 1 aliphatic carbocycles. The molecule has 1 saturated carbocycles. The molecule has 118 valence electrons. The SMILES string of the molecule is O=C(c1ccccc1Oc1cccnc1)N1C[C@H]2CCC[C@H]2C1. The molecule has 0 unspecified atom stereocenters. The second-order valence-electron chi connectivity index (χ2n) is 6.45. The zero-order chi connectivity index (χ0) is 15.6. The summed E-state index contributed by atoms with van der Waals surface area (Å²) in [6, 6.07) is 11.1. The van der Waals surface area contributed by atoms with Gasteiger partial charge in [-0.25, -0.2) is 0 Å². The topological polar surface area (TPSA) is 42.4 Å². The van der Waals surface area contributed by atoms with E-state index in [0.717, 1.165) is 13.1 Å². The third-order valence-electron chi connectivity index (χ3n) is 4.99. The highest BCUT2D eigenvalue weighted by Crippen LogP contribution is 2.38. The molecule has 0 N–H and O–H groups in total. The van der Waals surface area contributed by atoms with Crippen LogP contribution in [-0.2, 0) is 0 Å². The van der Waals surface area contributed by atoms with E-state index in [1.54, 1.807) is 12.4 Å². The van der Waals surface area contributed by atoms with Crippen LogP contribution in [0.15, 0.2) is 48.8 Å². The molecular formula is C19H20N2O2. The maximum absolute atomic E-state index is 12.9. The van der Waals surface area contributed by atoms with Gasteiger partial charge in [-0.15, -0.1) is 0 Å². The van der Waals surface area contributed by atoms with Gasteiger partial charge in [0.15, 0.2) is 0 Å². The van der Waals surface area contributed by atoms with Crippen LogP contribution in [0.25, 0.3) is 0 Å². The molecule has 0 radical (unpaired) electrons. The Morgan fingerprint density at radius 3 is 2.61 bits per heavy atom. The summed E-state index contributed by atoms with van der Waals surface area (Å²) in [5.41, 5.74) is 0.635. The van der Waals surface area contributed by atoms with Gasteiger partial charge in [0, 0.05) is 19.3 Å². The van der Waals surface area contributed by atoms with Crippen molar-refractivity contribution in [2.75, 3.05) is 13.1 Å². The summed E-state index contributed by atoms with van der Waals surface area (Å²) in [6.45, 7) is 1.79. The van der Waals surface area contributed by atoms with Gasteiger partial charge in [0.05, 0.1) is 11.8 Å². The van der Waals surface area contributed by atoms with Crippen molar-refractivity contribution in [3.05, 3.63) is 54.4 Å². The van der Waals surface area contributed by atoms with Crippen LogP contribution in [0, 0.1) is 11.8 Å². The number of ether oxygens (including phenoxy) is 1. The molecule has 2 fully saturated rings. The van der Waals surface area contributed by atoms with Crippen LogP contribution in [0.3, 0.4) is 0 Å². The zero-order valence-electron chi connectivity index (χ0n) is 13.0. The smallest absolute Gasteiger partial charge is 0.257 e. The third-order valence-corrected chi connectivity index (χ3v) is 4.99. The normalized spacial score (nSPS) is 22.9. The Bertz CT molecular complexity index is 690. The molecule has 0 bridgehead atoms. The molecule has 1 amide bonds. The minimum atomic E-state index is 0.0823. The number of likely N-dealkylation sites (tertiary alicyclic amines) is 1. The molecule has 4 heteroatoms. The summed E-state index contributed by atoms with van der Waals surface area (Å²) in [6.07, 6.45) is 7.21. The molecule has 2 atom stereocenters. The van der Waals surface area contributed by atoms with E-state index in [0.29, 0.717) is 28.9 Å². The number of fused-ring (bicyclic) bond motifs is 1. The van der Waals surface area contributed by atoms with Crippen molar-refractivity contribution in [1.29, 1.82) is 0 Å². The molecule has 1 aromatic carbocycles. The Hall–Kier alpha value is -2.36. The molecule has 1 aromatic heterocycles. The monoisotopic (exact) mass is 308 g/mol. The van der Waals surface area contributed by atoms with Gasteiger partial charge in [-0.05, 0) is 48.9 Å². The predicted octanol–water partition coefficient (Wildman–Crippen LogP) is 3.75. The third kappa shape index (κ3) is 2.81. The maximum Gasteiger partial charge on any atom is 0.257 e. The highest BCUT2D eigenvalue weighted by molar-refractivity contribution is 5.97. The summed E-state index contributed by atoms with van der Waals surface area (Å²) in [4.78, 5) is 19.0. The van der Waals surface area contributed by atoms with Crippen LogP contribution in [0.2, 0.25) is 0 Å². The van der Waals surface area contributed by atoms with Crippen LogP contribution < -0.4 is 4.74 Å². The highest BCUT2D eigenvalue weighted by atomic mass is 16.5. The second-order valence-corrected chi connectivity index (χ2v) is 6.45. The van der Waals surface area contributed by atoms with Crippen LogP contribution in [0.4, 0.5) is 0 Å². The van der Waals surface area contributed by atoms with Crippen LogP contribution in [0.5, 0.6) is 11.5 Å². The van der Waals surface area contributed by atoms with Crippen molar-refractivity contribution >= 4 is 5.91 Å². The number of hydrogen-bond acceptors (Lipinski definition) is 3. The molecule has 1 saturated heterocycles. The number of hydrogen-bond donors (Lipinski definition) is 0. The van der Waals surface area contributed by atoms with Crippen LogP contribution in [0.1, 0.15) is 29.6 Å². The van der Waals surface area contributed by atoms with E-state index in [1.807, 2.05) is 41.3 Å². The van der Waals surface area contributed by atoms with E-state index in [1.165, 1.54) is 19.3 Å². The van der Waals surface area contributed by atoms with Gasteiger partial charge >= 0.3 is 0 Å². The summed E-state index contributed by atoms with van der Waals surface area (Å²) < 4.78 is 5.87. The van der Waals surface area contributed by atoms with Gasteiger partial charge in [0.1, 0.15) is 11.5 Å². The van der Waals surface area contributed by atoms with Gasteiger partial charge in [-0.2, -0.15) is 0 Å². The number of carbonyl (C=O) groups is 1. The fourth-order valence-corrected chi connectivity index (χ4v) is 3.84. The van der Waals surface area contributed by atoms with E-state index in [2.05, 4.69) is 4.98 Å². The molecule has 2 aromatic rings. The van der Waals surface area contributed by atoms with Gasteiger partial charge < -0.3 is 9.64 Å². The molecule has 2 aliphatic rings. The number of aromatic nitrogens is 1. The van der Waals surface area contributed by atoms with Crippen molar-refractivity contribution in [2.24, 2.45) is 11.8 Å². The Kier molecular flexibility index (Phi) is 3.74. The lowest BCUT2D eigenvalue weighted by molar-refractivity contribution is 0.0778. The first-order chi connectivity index (χ1) is 11.3. The first-order valence-electron chi connectivity index (χ1n) is 8.27. The highest BCUT2D eigenvalue weighted by Gasteiger charge is 2.38. The minimum Gasteiger partial charge on any atom is -0.455 e. The quantitative estimate of drug-likeness (QED) is 0.867. The van der Waals surface area contributed by atoms with Crippen molar-refractivity contribution < 1.29 is 9.53 Å². The molecule has 4 rings (SSSR count). The lowest BCUT2D eigenvalue weighted by Crippen LogP contribution is -2.29. The number of pyridine rings is 1. The van der Waals surface area contributed by atoms with E-state index in [9.17, 15) is 4.79 Å². The second kappa shape index (κ2) is 6.03. The maximum atomic E-state index is 12.9. The number of benzene rings is 1. The fraction of sp³-hybridized carbons (Fsp3) is 0.368. The predicted molar refractivity (Wildman–Crippen MR) is 87.5 cm³/mol. The molecule has 4 nitrogen and oxygen atoms in total. The van der Waals surface area contributed by atoms with E-state index in [4.69, 9.17) is 4.74 Å². The Labute approximate surface area is 136 Å². The largest absolute Gasteiger partial charge is 0.455 e. The Morgan fingerprint density at radius 1 is 1.09 bits per heavy atom. The average Bonchev–Trinajstić information content (AvgIpc) is 3.17. The zero-order valence-corrected chi connectivity index (χ0v) is 13.0. The Morgan fingerprint density at radius 2 is 1.87 bits per heavy atom. The lowest BCUT2D eigenvalue weighted by atomic mass is 10.0. The standard InChI is InChI=1S/C19H20N2O2/c22-19(21-12-14-5-3-6-15(14)13-21)17-8-1-2-9-18(17)23-16-7-4-10-20-11-16/h1-2,4,7-11,14-15H,3,5-6,12-13H2/t14-,15+. The van der Waals surface area contributed by atoms with Crippen molar-refractivity contribution in [2.45, 2.75) is 19.3 Å². The number of para-hydroxylation sites is 1. The number of amides is 1. The number of carbonyl (C=O) groups excluding carboxylic acids is 1. The molecule has 0 spiro atoms. The average molecular weight is 308 g/mol. The Balaban J connectivity index is 1.55. The van der Waals surface area contributed by atoms with E-state index < -0.39 is 0 Å². The first kappa shape index (κ1) is 14.2. The van der Waals surface area contributed by atoms with Gasteiger partial charge in [-0.1, -0.05) is 18.6 Å². The lowest BCUT2D eigenvalue weighted by Gasteiger charge is -2.19. The molecule has 1 aliphatic heterocycles. The summed E-state index contributed by atoms with van der Waals surface area (Å²) >= 11 is 0. The first-order valence-corrected chi connectivity index (χ1v) is 8.27. The van der Waals surface area contributed by atoms with Crippen molar-refractivity contribution in [3.8, 4) is 11.5 Å². The van der Waals surface area contributed by atoms with Crippen molar-refractivity contribution in [1.82, 2.24) is 9.88 Å². The van der Waals surface area contributed by atoms with Crippen LogP contribution >= 0.6 is 0 Å². The van der Waals surface area contributed by atoms with Crippen LogP contribution in [-0.4, -0.2) is 28.9 Å². The molecule has 2 heterocycles. The van der Waals surface area contributed by atoms with Gasteiger partial charge in [-0.3, -0.25) is 9.78 Å². The van der Waals surface area contributed by atoms with Crippen molar-refractivity contribution in [3.63, 3.8) is 0 Å². The molecule has 23 heavy (non-hydrogen) atoms. The summed E-state index contributed by atoms with van der Waals surface area (Å²) in [5, 5.41) is 0. The fourth-order valence-electron chi connectivity index (χ4n) is 3.84. The van der Waals surface area contributed by atoms with Gasteiger partial charge in [0.25, 0.3) is 5.91 Å². The number of nitrogens with zero attached hydrogens (tertiary/aromatic N) is 2. The molecular weight excluding hydrogens is 288 g/mol. The summed E-state index contributed by atoms with van der Waals surface area (Å²) in [7, 11) is 0.